The molecule has 0 aliphatic carbocycles. The number of rotatable bonds is 3. The number of anilines is 2. The average Bonchev–Trinajstić information content (AvgIpc) is 2.59. The molecule has 126 valence electrons. The first-order valence-corrected chi connectivity index (χ1v) is 8.44. The summed E-state index contributed by atoms with van der Waals surface area (Å²) < 4.78 is 0. The Hall–Kier alpha value is -1.82. The summed E-state index contributed by atoms with van der Waals surface area (Å²) in [6.45, 7) is 3.21. The molecule has 0 spiro atoms. The van der Waals surface area contributed by atoms with Crippen molar-refractivity contribution in [2.24, 2.45) is 0 Å². The summed E-state index contributed by atoms with van der Waals surface area (Å²) in [5, 5.41) is 4.16. The minimum atomic E-state index is -0.00972. The fourth-order valence-corrected chi connectivity index (χ4v) is 3.07. The van der Waals surface area contributed by atoms with Crippen LogP contribution in [0, 0.1) is 0 Å². The number of piperazine rings is 1. The number of aromatic nitrogens is 1. The molecule has 1 aromatic carbocycles. The quantitative estimate of drug-likeness (QED) is 0.904. The number of carbonyl (C=O) groups is 1. The maximum Gasteiger partial charge on any atom is 0.255 e. The monoisotopic (exact) mass is 364 g/mol. The molecule has 1 aromatic heterocycles. The van der Waals surface area contributed by atoms with E-state index in [0.717, 1.165) is 26.2 Å². The lowest BCUT2D eigenvalue weighted by molar-refractivity contribution is 0.0663. The standard InChI is InChI=1S/C17H18Cl2N4O/c1-22-5-7-23(8-6-22)17(24)12-9-13(11-20-10-12)21-16-14(18)3-2-4-15(16)19/h2-4,9-11,21H,5-8H2,1H3. The van der Waals surface area contributed by atoms with E-state index in [9.17, 15) is 4.79 Å². The molecule has 7 heteroatoms. The second-order valence-corrected chi connectivity index (χ2v) is 6.59. The molecule has 2 aromatic rings. The van der Waals surface area contributed by atoms with Gasteiger partial charge >= 0.3 is 0 Å². The van der Waals surface area contributed by atoms with Crippen molar-refractivity contribution in [2.75, 3.05) is 38.5 Å². The summed E-state index contributed by atoms with van der Waals surface area (Å²) in [5.74, 6) is -0.00972. The van der Waals surface area contributed by atoms with Crippen LogP contribution in [0.25, 0.3) is 0 Å². The fraction of sp³-hybridized carbons (Fsp3) is 0.294. The molecule has 0 bridgehead atoms. The van der Waals surface area contributed by atoms with Crippen molar-refractivity contribution in [3.05, 3.63) is 52.3 Å². The van der Waals surface area contributed by atoms with Crippen molar-refractivity contribution in [3.8, 4) is 0 Å². The molecule has 1 amide bonds. The van der Waals surface area contributed by atoms with E-state index in [2.05, 4.69) is 22.2 Å². The first kappa shape index (κ1) is 17.0. The summed E-state index contributed by atoms with van der Waals surface area (Å²) in [7, 11) is 2.06. The van der Waals surface area contributed by atoms with Gasteiger partial charge in [-0.25, -0.2) is 0 Å². The van der Waals surface area contributed by atoms with Gasteiger partial charge in [-0.1, -0.05) is 29.3 Å². The molecule has 2 heterocycles. The lowest BCUT2D eigenvalue weighted by Gasteiger charge is -2.32. The van der Waals surface area contributed by atoms with E-state index < -0.39 is 0 Å². The largest absolute Gasteiger partial charge is 0.352 e. The zero-order valence-corrected chi connectivity index (χ0v) is 14.8. The Bertz CT molecular complexity index is 725. The van der Waals surface area contributed by atoms with Crippen LogP contribution < -0.4 is 5.32 Å². The number of para-hydroxylation sites is 1. The minimum Gasteiger partial charge on any atom is -0.352 e. The highest BCUT2D eigenvalue weighted by Gasteiger charge is 2.21. The number of carbonyl (C=O) groups excluding carboxylic acids is 1. The van der Waals surface area contributed by atoms with Crippen molar-refractivity contribution in [3.63, 3.8) is 0 Å². The average molecular weight is 365 g/mol. The van der Waals surface area contributed by atoms with Crippen LogP contribution in [0.4, 0.5) is 11.4 Å². The van der Waals surface area contributed by atoms with E-state index in [1.54, 1.807) is 36.7 Å². The number of nitrogens with zero attached hydrogens (tertiary/aromatic N) is 3. The number of benzene rings is 1. The topological polar surface area (TPSA) is 48.5 Å². The van der Waals surface area contributed by atoms with Crippen LogP contribution >= 0.6 is 23.2 Å². The zero-order valence-electron chi connectivity index (χ0n) is 13.3. The molecular weight excluding hydrogens is 347 g/mol. The molecule has 3 rings (SSSR count). The Morgan fingerprint density at radius 3 is 2.46 bits per heavy atom. The number of amides is 1. The molecule has 24 heavy (non-hydrogen) atoms. The van der Waals surface area contributed by atoms with Gasteiger partial charge in [0.05, 0.1) is 33.2 Å². The SMILES string of the molecule is CN1CCN(C(=O)c2cncc(Nc3c(Cl)cccc3Cl)c2)CC1. The van der Waals surface area contributed by atoms with E-state index in [0.29, 0.717) is 27.0 Å². The highest BCUT2D eigenvalue weighted by molar-refractivity contribution is 6.39. The van der Waals surface area contributed by atoms with Crippen LogP contribution in [-0.2, 0) is 0 Å². The van der Waals surface area contributed by atoms with Crippen LogP contribution in [0.5, 0.6) is 0 Å². The Balaban J connectivity index is 1.78. The summed E-state index contributed by atoms with van der Waals surface area (Å²) in [6, 6.07) is 7.06. The molecule has 1 fully saturated rings. The summed E-state index contributed by atoms with van der Waals surface area (Å²) in [6.07, 6.45) is 3.22. The Morgan fingerprint density at radius 2 is 1.79 bits per heavy atom. The van der Waals surface area contributed by atoms with Crippen LogP contribution in [0.3, 0.4) is 0 Å². The van der Waals surface area contributed by atoms with Gasteiger partial charge in [0, 0.05) is 32.4 Å². The summed E-state index contributed by atoms with van der Waals surface area (Å²) in [5.41, 5.74) is 1.82. The van der Waals surface area contributed by atoms with E-state index >= 15 is 0 Å². The molecule has 0 saturated carbocycles. The molecule has 0 atom stereocenters. The molecule has 5 nitrogen and oxygen atoms in total. The van der Waals surface area contributed by atoms with Crippen molar-refractivity contribution in [1.29, 1.82) is 0 Å². The molecule has 1 saturated heterocycles. The third-order valence-corrected chi connectivity index (χ3v) is 4.64. The lowest BCUT2D eigenvalue weighted by atomic mass is 10.2. The van der Waals surface area contributed by atoms with Gasteiger partial charge in [0.15, 0.2) is 0 Å². The molecule has 1 aliphatic heterocycles. The Labute approximate surface area is 151 Å². The molecule has 1 aliphatic rings. The maximum absolute atomic E-state index is 12.6. The van der Waals surface area contributed by atoms with E-state index in [1.165, 1.54) is 0 Å². The molecule has 0 unspecified atom stereocenters. The van der Waals surface area contributed by atoms with Gasteiger partial charge in [0.2, 0.25) is 0 Å². The third-order valence-electron chi connectivity index (χ3n) is 4.01. The fourth-order valence-electron chi connectivity index (χ4n) is 2.58. The summed E-state index contributed by atoms with van der Waals surface area (Å²) in [4.78, 5) is 20.9. The first-order valence-electron chi connectivity index (χ1n) is 7.68. The minimum absolute atomic E-state index is 0.00972. The van der Waals surface area contributed by atoms with Crippen molar-refractivity contribution in [1.82, 2.24) is 14.8 Å². The number of hydrogen-bond acceptors (Lipinski definition) is 4. The van der Waals surface area contributed by atoms with E-state index in [1.807, 2.05) is 4.90 Å². The van der Waals surface area contributed by atoms with Crippen LogP contribution in [0.1, 0.15) is 10.4 Å². The van der Waals surface area contributed by atoms with E-state index in [-0.39, 0.29) is 5.91 Å². The van der Waals surface area contributed by atoms with Crippen LogP contribution in [0.2, 0.25) is 10.0 Å². The van der Waals surface area contributed by atoms with Gasteiger partial charge in [-0.2, -0.15) is 0 Å². The normalized spacial score (nSPS) is 15.4. The Kier molecular flexibility index (Phi) is 5.23. The van der Waals surface area contributed by atoms with Gasteiger partial charge in [0.1, 0.15) is 0 Å². The smallest absolute Gasteiger partial charge is 0.255 e. The number of hydrogen-bond donors (Lipinski definition) is 1. The van der Waals surface area contributed by atoms with Gasteiger partial charge in [-0.15, -0.1) is 0 Å². The number of likely N-dealkylation sites (N-methyl/N-ethyl adjacent to an activating group) is 1. The number of halogens is 2. The number of pyridine rings is 1. The third kappa shape index (κ3) is 3.80. The second-order valence-electron chi connectivity index (χ2n) is 5.78. The molecule has 1 N–H and O–H groups in total. The van der Waals surface area contributed by atoms with Gasteiger partial charge in [-0.05, 0) is 25.2 Å². The van der Waals surface area contributed by atoms with E-state index in [4.69, 9.17) is 23.2 Å². The Morgan fingerprint density at radius 1 is 1.12 bits per heavy atom. The predicted octanol–water partition coefficient (Wildman–Crippen LogP) is 3.52. The summed E-state index contributed by atoms with van der Waals surface area (Å²) >= 11 is 12.3. The predicted molar refractivity (Wildman–Crippen MR) is 97.4 cm³/mol. The van der Waals surface area contributed by atoms with Gasteiger partial charge < -0.3 is 15.1 Å². The first-order chi connectivity index (χ1) is 11.5. The lowest BCUT2D eigenvalue weighted by Crippen LogP contribution is -2.47. The molecular formula is C17H18Cl2N4O. The van der Waals surface area contributed by atoms with Crippen LogP contribution in [0.15, 0.2) is 36.7 Å². The maximum atomic E-state index is 12.6. The van der Waals surface area contributed by atoms with Crippen LogP contribution in [-0.4, -0.2) is 53.9 Å². The van der Waals surface area contributed by atoms with Crippen molar-refractivity contribution >= 4 is 40.5 Å². The molecule has 0 radical (unpaired) electrons. The number of nitrogens with one attached hydrogen (secondary N) is 1. The highest BCUT2D eigenvalue weighted by atomic mass is 35.5. The highest BCUT2D eigenvalue weighted by Crippen LogP contribution is 2.32. The van der Waals surface area contributed by atoms with Gasteiger partial charge in [0.25, 0.3) is 5.91 Å². The zero-order chi connectivity index (χ0) is 17.1. The second kappa shape index (κ2) is 7.38. The van der Waals surface area contributed by atoms with Crippen molar-refractivity contribution in [2.45, 2.75) is 0 Å². The van der Waals surface area contributed by atoms with Gasteiger partial charge in [-0.3, -0.25) is 9.78 Å². The van der Waals surface area contributed by atoms with Crippen molar-refractivity contribution < 1.29 is 4.79 Å².